The molecule has 0 unspecified atom stereocenters. The summed E-state index contributed by atoms with van der Waals surface area (Å²) in [6.45, 7) is 2.54. The maximum absolute atomic E-state index is 13.4. The molecule has 0 radical (unpaired) electrons. The van der Waals surface area contributed by atoms with Gasteiger partial charge in [-0.25, -0.2) is 19.3 Å². The van der Waals surface area contributed by atoms with E-state index in [1.54, 1.807) is 24.2 Å². The molecule has 0 saturated heterocycles. The summed E-state index contributed by atoms with van der Waals surface area (Å²) in [7, 11) is 0. The zero-order valence-electron chi connectivity index (χ0n) is 17.8. The average Bonchev–Trinajstić information content (AvgIpc) is 2.85. The molecule has 0 fully saturated rings. The van der Waals surface area contributed by atoms with Gasteiger partial charge >= 0.3 is 0 Å². The van der Waals surface area contributed by atoms with E-state index in [-0.39, 0.29) is 18.3 Å². The van der Waals surface area contributed by atoms with Crippen molar-refractivity contribution >= 4 is 5.91 Å². The molecule has 5 rings (SSSR count). The van der Waals surface area contributed by atoms with Crippen LogP contribution in [0.3, 0.4) is 0 Å². The van der Waals surface area contributed by atoms with Crippen molar-refractivity contribution in [1.29, 1.82) is 0 Å². The molecule has 0 bridgehead atoms. The van der Waals surface area contributed by atoms with Gasteiger partial charge in [0.15, 0.2) is 5.82 Å². The fourth-order valence-electron chi connectivity index (χ4n) is 3.66. The van der Waals surface area contributed by atoms with Gasteiger partial charge in [-0.2, -0.15) is 4.98 Å². The smallest absolute Gasteiger partial charge is 0.257 e. The number of amides is 1. The van der Waals surface area contributed by atoms with Crippen molar-refractivity contribution < 1.29 is 13.9 Å². The summed E-state index contributed by atoms with van der Waals surface area (Å²) in [5, 5.41) is 0. The van der Waals surface area contributed by atoms with E-state index in [4.69, 9.17) is 9.72 Å². The van der Waals surface area contributed by atoms with Crippen LogP contribution in [0.2, 0.25) is 0 Å². The van der Waals surface area contributed by atoms with Crippen LogP contribution in [-0.4, -0.2) is 42.3 Å². The Bertz CT molecular complexity index is 1310. The summed E-state index contributed by atoms with van der Waals surface area (Å²) >= 11 is 0. The number of fused-ring (bicyclic) bond motifs is 1. The molecule has 33 heavy (non-hydrogen) atoms. The molecular weight excluding hydrogens is 423 g/mol. The molecule has 8 nitrogen and oxygen atoms in total. The Morgan fingerprint density at radius 2 is 1.85 bits per heavy atom. The molecule has 0 saturated carbocycles. The maximum atomic E-state index is 13.4. The van der Waals surface area contributed by atoms with Gasteiger partial charge < -0.3 is 9.64 Å². The molecule has 4 aromatic rings. The van der Waals surface area contributed by atoms with Gasteiger partial charge in [0.05, 0.1) is 29.1 Å². The topological polar surface area (TPSA) is 94.0 Å². The predicted octanol–water partition coefficient (Wildman–Crippen LogP) is 3.77. The van der Waals surface area contributed by atoms with E-state index in [1.165, 1.54) is 36.8 Å². The quantitative estimate of drug-likeness (QED) is 0.475. The Morgan fingerprint density at radius 1 is 1.06 bits per heavy atom. The maximum Gasteiger partial charge on any atom is 0.257 e. The standard InChI is InChI=1S/C24H19FN6O2/c1-15-19(12-27-14-28-15)24(32)31-11-8-21-20(13-31)23(33-18-4-2-17(25)3-5-18)30-22(29-21)16-6-9-26-10-7-16/h2-7,9-10,12,14H,8,11,13H2,1H3. The Balaban J connectivity index is 1.53. The molecule has 9 heteroatoms. The van der Waals surface area contributed by atoms with E-state index < -0.39 is 0 Å². The molecular formula is C24H19FN6O2. The van der Waals surface area contributed by atoms with Gasteiger partial charge in [0.25, 0.3) is 5.91 Å². The van der Waals surface area contributed by atoms with E-state index in [2.05, 4.69) is 19.9 Å². The molecule has 1 aromatic carbocycles. The second-order valence-corrected chi connectivity index (χ2v) is 7.57. The number of aryl methyl sites for hydroxylation is 1. The zero-order chi connectivity index (χ0) is 22.8. The third-order valence-corrected chi connectivity index (χ3v) is 5.42. The number of aromatic nitrogens is 5. The minimum absolute atomic E-state index is 0.162. The lowest BCUT2D eigenvalue weighted by Gasteiger charge is -2.29. The van der Waals surface area contributed by atoms with Crippen LogP contribution in [0.4, 0.5) is 4.39 Å². The summed E-state index contributed by atoms with van der Waals surface area (Å²) in [6, 6.07) is 9.35. The van der Waals surface area contributed by atoms with Crippen LogP contribution in [0.1, 0.15) is 27.3 Å². The fraction of sp³-hybridized carbons (Fsp3) is 0.167. The highest BCUT2D eigenvalue weighted by atomic mass is 19.1. The number of benzene rings is 1. The minimum Gasteiger partial charge on any atom is -0.439 e. The highest BCUT2D eigenvalue weighted by Crippen LogP contribution is 2.32. The summed E-state index contributed by atoms with van der Waals surface area (Å²) in [5.74, 6) is 0.748. The third kappa shape index (κ3) is 4.25. The van der Waals surface area contributed by atoms with Crippen molar-refractivity contribution in [1.82, 2.24) is 29.8 Å². The average molecular weight is 442 g/mol. The summed E-state index contributed by atoms with van der Waals surface area (Å²) in [4.78, 5) is 36.4. The van der Waals surface area contributed by atoms with Gasteiger partial charge in [-0.15, -0.1) is 0 Å². The number of rotatable bonds is 4. The number of ether oxygens (including phenoxy) is 1. The van der Waals surface area contributed by atoms with E-state index in [0.717, 1.165) is 11.3 Å². The Hall–Kier alpha value is -4.27. The molecule has 164 valence electrons. The number of carbonyl (C=O) groups excluding carboxylic acids is 1. The number of pyridine rings is 1. The van der Waals surface area contributed by atoms with Crippen LogP contribution >= 0.6 is 0 Å². The van der Waals surface area contributed by atoms with Crippen molar-refractivity contribution in [2.45, 2.75) is 19.9 Å². The van der Waals surface area contributed by atoms with Crippen molar-refractivity contribution in [2.24, 2.45) is 0 Å². The molecule has 1 aliphatic rings. The number of hydrogen-bond donors (Lipinski definition) is 0. The molecule has 1 amide bonds. The highest BCUT2D eigenvalue weighted by Gasteiger charge is 2.28. The fourth-order valence-corrected chi connectivity index (χ4v) is 3.66. The lowest BCUT2D eigenvalue weighted by molar-refractivity contribution is 0.0730. The minimum atomic E-state index is -0.359. The summed E-state index contributed by atoms with van der Waals surface area (Å²) in [5.41, 5.74) is 3.39. The summed E-state index contributed by atoms with van der Waals surface area (Å²) in [6.07, 6.45) is 6.82. The Labute approximate surface area is 189 Å². The van der Waals surface area contributed by atoms with Gasteiger partial charge in [-0.3, -0.25) is 9.78 Å². The van der Waals surface area contributed by atoms with E-state index in [1.807, 2.05) is 12.1 Å². The van der Waals surface area contributed by atoms with E-state index in [9.17, 15) is 9.18 Å². The first-order valence-electron chi connectivity index (χ1n) is 10.4. The molecule has 0 N–H and O–H groups in total. The lowest BCUT2D eigenvalue weighted by atomic mass is 10.0. The van der Waals surface area contributed by atoms with Crippen LogP contribution in [-0.2, 0) is 13.0 Å². The molecule has 1 aliphatic heterocycles. The van der Waals surface area contributed by atoms with Crippen molar-refractivity contribution in [2.75, 3.05) is 6.54 Å². The van der Waals surface area contributed by atoms with Crippen molar-refractivity contribution in [3.05, 3.63) is 89.6 Å². The van der Waals surface area contributed by atoms with Crippen LogP contribution in [0.15, 0.2) is 61.3 Å². The first kappa shape index (κ1) is 20.6. The van der Waals surface area contributed by atoms with Crippen LogP contribution < -0.4 is 4.74 Å². The van der Waals surface area contributed by atoms with Crippen molar-refractivity contribution in [3.8, 4) is 23.0 Å². The van der Waals surface area contributed by atoms with Gasteiger partial charge in [-0.05, 0) is 43.3 Å². The lowest BCUT2D eigenvalue weighted by Crippen LogP contribution is -2.37. The van der Waals surface area contributed by atoms with Gasteiger partial charge in [0.1, 0.15) is 17.9 Å². The van der Waals surface area contributed by atoms with Crippen LogP contribution in [0, 0.1) is 12.7 Å². The zero-order valence-corrected chi connectivity index (χ0v) is 17.8. The van der Waals surface area contributed by atoms with Crippen LogP contribution in [0.25, 0.3) is 11.4 Å². The number of nitrogens with zero attached hydrogens (tertiary/aromatic N) is 6. The molecule has 0 atom stereocenters. The number of hydrogen-bond acceptors (Lipinski definition) is 7. The predicted molar refractivity (Wildman–Crippen MR) is 117 cm³/mol. The first-order chi connectivity index (χ1) is 16.1. The monoisotopic (exact) mass is 442 g/mol. The van der Waals surface area contributed by atoms with Gasteiger partial charge in [0, 0.05) is 37.1 Å². The van der Waals surface area contributed by atoms with Gasteiger partial charge in [-0.1, -0.05) is 0 Å². The number of carbonyl (C=O) groups is 1. The van der Waals surface area contributed by atoms with Gasteiger partial charge in [0.2, 0.25) is 5.88 Å². The Morgan fingerprint density at radius 3 is 2.61 bits per heavy atom. The second kappa shape index (κ2) is 8.70. The number of halogens is 1. The molecule has 4 heterocycles. The van der Waals surface area contributed by atoms with E-state index >= 15 is 0 Å². The van der Waals surface area contributed by atoms with E-state index in [0.29, 0.717) is 47.2 Å². The normalized spacial score (nSPS) is 12.8. The molecule has 0 aliphatic carbocycles. The summed E-state index contributed by atoms with van der Waals surface area (Å²) < 4.78 is 19.4. The second-order valence-electron chi connectivity index (χ2n) is 7.57. The van der Waals surface area contributed by atoms with Crippen molar-refractivity contribution in [3.63, 3.8) is 0 Å². The molecule has 3 aromatic heterocycles. The Kier molecular flexibility index (Phi) is 5.43. The largest absolute Gasteiger partial charge is 0.439 e. The highest BCUT2D eigenvalue weighted by molar-refractivity contribution is 5.95. The molecule has 0 spiro atoms. The third-order valence-electron chi connectivity index (χ3n) is 5.42. The first-order valence-corrected chi connectivity index (χ1v) is 10.4. The van der Waals surface area contributed by atoms with Crippen LogP contribution in [0.5, 0.6) is 11.6 Å². The SMILES string of the molecule is Cc1ncncc1C(=O)N1CCc2nc(-c3ccncc3)nc(Oc3ccc(F)cc3)c2C1.